The maximum atomic E-state index is 13.4. The van der Waals surface area contributed by atoms with Crippen LogP contribution in [0.15, 0.2) is 25.3 Å². The van der Waals surface area contributed by atoms with Crippen molar-refractivity contribution in [2.24, 2.45) is 16.2 Å². The van der Waals surface area contributed by atoms with E-state index in [4.69, 9.17) is 18.9 Å². The summed E-state index contributed by atoms with van der Waals surface area (Å²) in [5, 5.41) is 6.43. The monoisotopic (exact) mass is 538 g/mol. The molecule has 1 amide bonds. The maximum Gasteiger partial charge on any atom is 0.330 e. The van der Waals surface area contributed by atoms with E-state index in [2.05, 4.69) is 44.6 Å². The second-order valence-electron chi connectivity index (χ2n) is 12.0. The quantitative estimate of drug-likeness (QED) is 0.184. The highest BCUT2D eigenvalue weighted by Crippen LogP contribution is 2.45. The molecule has 1 aliphatic rings. The molecule has 1 saturated carbocycles. The summed E-state index contributed by atoms with van der Waals surface area (Å²) >= 11 is 0. The summed E-state index contributed by atoms with van der Waals surface area (Å²) < 4.78 is 21.7. The van der Waals surface area contributed by atoms with Crippen molar-refractivity contribution >= 4 is 23.8 Å². The van der Waals surface area contributed by atoms with E-state index in [0.29, 0.717) is 0 Å². The Kier molecular flexibility index (Phi) is 12.2. The molecule has 2 atom stereocenters. The Bertz CT molecular complexity index is 858. The number of carbonyl (C=O) groups is 4. The Labute approximate surface area is 226 Å². The van der Waals surface area contributed by atoms with E-state index in [9.17, 15) is 19.2 Å². The number of amides is 1. The van der Waals surface area contributed by atoms with Gasteiger partial charge in [-0.15, -0.1) is 0 Å². The van der Waals surface area contributed by atoms with Gasteiger partial charge in [-0.1, -0.05) is 33.9 Å². The van der Waals surface area contributed by atoms with Crippen molar-refractivity contribution in [3.8, 4) is 0 Å². The molecule has 0 saturated heterocycles. The topological polar surface area (TPSA) is 129 Å². The highest BCUT2D eigenvalue weighted by Gasteiger charge is 2.44. The van der Waals surface area contributed by atoms with Crippen LogP contribution in [0.3, 0.4) is 0 Å². The number of hydrogen-bond acceptors (Lipinski definition) is 9. The van der Waals surface area contributed by atoms with Crippen molar-refractivity contribution in [1.82, 2.24) is 10.6 Å². The van der Waals surface area contributed by atoms with Crippen molar-refractivity contribution in [1.29, 1.82) is 0 Å². The Morgan fingerprint density at radius 2 is 1.45 bits per heavy atom. The molecule has 1 aliphatic carbocycles. The summed E-state index contributed by atoms with van der Waals surface area (Å²) in [6.45, 7) is 17.6. The van der Waals surface area contributed by atoms with E-state index in [1.807, 2.05) is 7.05 Å². The fraction of sp³-hybridized carbons (Fsp3) is 0.714. The molecule has 0 radical (unpaired) electrons. The van der Waals surface area contributed by atoms with Crippen LogP contribution in [0, 0.1) is 16.2 Å². The number of ether oxygens (including phenoxy) is 4. The fourth-order valence-electron chi connectivity index (χ4n) is 5.13. The first-order valence-electron chi connectivity index (χ1n) is 12.8. The molecular weight excluding hydrogens is 492 g/mol. The Balaban J connectivity index is 3.08. The summed E-state index contributed by atoms with van der Waals surface area (Å²) in [7, 11) is 1.93. The SMILES string of the molecule is C=CC(=O)OCC(COC(C)=O)(COC(=O)C=C)COC(C)(C)C(=O)NC1CC(C)(C)CC(C)(CNC)C1. The highest BCUT2D eigenvalue weighted by molar-refractivity contribution is 5.84. The van der Waals surface area contributed by atoms with Crippen LogP contribution >= 0.6 is 0 Å². The Morgan fingerprint density at radius 1 is 0.921 bits per heavy atom. The van der Waals surface area contributed by atoms with Crippen LogP contribution in [-0.2, 0) is 38.1 Å². The molecule has 0 aliphatic heterocycles. The largest absolute Gasteiger partial charge is 0.465 e. The lowest BCUT2D eigenvalue weighted by Crippen LogP contribution is -2.55. The predicted molar refractivity (Wildman–Crippen MR) is 143 cm³/mol. The van der Waals surface area contributed by atoms with Gasteiger partial charge < -0.3 is 29.6 Å². The lowest BCUT2D eigenvalue weighted by Gasteiger charge is -2.47. The second-order valence-corrected chi connectivity index (χ2v) is 12.0. The van der Waals surface area contributed by atoms with E-state index in [0.717, 1.165) is 38.0 Å². The standard InChI is InChI=1S/C28H46N2O8/c1-10-22(32)36-17-28(16-35-20(3)31,18-37-23(33)11-2)19-38-26(6,7)24(34)30-21-12-25(4,5)14-27(8,13-21)15-29-9/h10-11,21,29H,1-2,12-19H2,3-9H3,(H,30,34). The van der Waals surface area contributed by atoms with Crippen LogP contribution in [0.25, 0.3) is 0 Å². The van der Waals surface area contributed by atoms with Gasteiger partial charge in [0, 0.05) is 31.7 Å². The number of hydrogen-bond donors (Lipinski definition) is 2. The van der Waals surface area contributed by atoms with Gasteiger partial charge in [-0.05, 0) is 51.0 Å². The zero-order valence-electron chi connectivity index (χ0n) is 24.1. The summed E-state index contributed by atoms with van der Waals surface area (Å²) in [5.74, 6) is -2.32. The molecule has 0 aromatic heterocycles. The molecule has 2 unspecified atom stereocenters. The molecule has 10 nitrogen and oxygen atoms in total. The lowest BCUT2D eigenvalue weighted by atomic mass is 9.62. The van der Waals surface area contributed by atoms with Crippen molar-refractivity contribution in [2.75, 3.05) is 40.0 Å². The van der Waals surface area contributed by atoms with E-state index in [-0.39, 0.29) is 49.2 Å². The zero-order chi connectivity index (χ0) is 29.2. The van der Waals surface area contributed by atoms with Gasteiger partial charge in [-0.3, -0.25) is 9.59 Å². The Morgan fingerprint density at radius 3 is 1.92 bits per heavy atom. The fourth-order valence-corrected chi connectivity index (χ4v) is 5.13. The normalized spacial score (nSPS) is 21.1. The average molecular weight is 539 g/mol. The van der Waals surface area contributed by atoms with Gasteiger partial charge >= 0.3 is 17.9 Å². The van der Waals surface area contributed by atoms with E-state index in [1.54, 1.807) is 13.8 Å². The minimum absolute atomic E-state index is 0.0304. The van der Waals surface area contributed by atoms with Gasteiger partial charge in [0.05, 0.1) is 12.0 Å². The molecule has 0 spiro atoms. The molecule has 0 bridgehead atoms. The average Bonchev–Trinajstić information content (AvgIpc) is 2.81. The van der Waals surface area contributed by atoms with Crippen molar-refractivity contribution in [3.05, 3.63) is 25.3 Å². The minimum atomic E-state index is -1.30. The van der Waals surface area contributed by atoms with Gasteiger partial charge in [0.15, 0.2) is 0 Å². The van der Waals surface area contributed by atoms with Gasteiger partial charge in [0.2, 0.25) is 0 Å². The van der Waals surface area contributed by atoms with E-state index >= 15 is 0 Å². The molecule has 10 heteroatoms. The first kappa shape index (κ1) is 33.3. The summed E-state index contributed by atoms with van der Waals surface area (Å²) in [5.41, 5.74) is -2.50. The van der Waals surface area contributed by atoms with Crippen LogP contribution in [-0.4, -0.2) is 75.5 Å². The third-order valence-electron chi connectivity index (χ3n) is 6.62. The van der Waals surface area contributed by atoms with Gasteiger partial charge in [0.1, 0.15) is 25.4 Å². The molecule has 0 aromatic carbocycles. The molecule has 38 heavy (non-hydrogen) atoms. The maximum absolute atomic E-state index is 13.4. The molecule has 2 N–H and O–H groups in total. The number of nitrogens with one attached hydrogen (secondary N) is 2. The molecular formula is C28H46N2O8. The summed E-state index contributed by atoms with van der Waals surface area (Å²) in [6, 6.07) is -0.0413. The molecule has 1 fully saturated rings. The smallest absolute Gasteiger partial charge is 0.330 e. The highest BCUT2D eigenvalue weighted by atomic mass is 16.6. The van der Waals surface area contributed by atoms with Crippen LogP contribution < -0.4 is 10.6 Å². The number of rotatable bonds is 15. The molecule has 0 heterocycles. The van der Waals surface area contributed by atoms with Gasteiger partial charge in [0.25, 0.3) is 5.91 Å². The van der Waals surface area contributed by atoms with Crippen LogP contribution in [0.4, 0.5) is 0 Å². The molecule has 216 valence electrons. The predicted octanol–water partition coefficient (Wildman–Crippen LogP) is 2.71. The van der Waals surface area contributed by atoms with E-state index < -0.39 is 28.9 Å². The first-order valence-corrected chi connectivity index (χ1v) is 12.8. The molecule has 1 rings (SSSR count). The van der Waals surface area contributed by atoms with E-state index in [1.165, 1.54) is 6.92 Å². The first-order chi connectivity index (χ1) is 17.5. The summed E-state index contributed by atoms with van der Waals surface area (Å²) in [6.07, 6.45) is 4.67. The third kappa shape index (κ3) is 10.9. The minimum Gasteiger partial charge on any atom is -0.465 e. The van der Waals surface area contributed by atoms with Crippen molar-refractivity contribution in [3.63, 3.8) is 0 Å². The van der Waals surface area contributed by atoms with Gasteiger partial charge in [-0.25, -0.2) is 9.59 Å². The third-order valence-corrected chi connectivity index (χ3v) is 6.62. The van der Waals surface area contributed by atoms with Crippen LogP contribution in [0.2, 0.25) is 0 Å². The van der Waals surface area contributed by atoms with Crippen molar-refractivity contribution < 1.29 is 38.1 Å². The molecule has 0 aromatic rings. The second kappa shape index (κ2) is 13.9. The Hall–Kier alpha value is -2.72. The van der Waals surface area contributed by atoms with Crippen molar-refractivity contribution in [2.45, 2.75) is 72.4 Å². The number of esters is 3. The lowest BCUT2D eigenvalue weighted by molar-refractivity contribution is -0.173. The number of carbonyl (C=O) groups excluding carboxylic acids is 4. The van der Waals surface area contributed by atoms with Gasteiger partial charge in [-0.2, -0.15) is 0 Å². The van der Waals surface area contributed by atoms with Crippen LogP contribution in [0.5, 0.6) is 0 Å². The summed E-state index contributed by atoms with van der Waals surface area (Å²) in [4.78, 5) is 48.6. The van der Waals surface area contributed by atoms with Crippen LogP contribution in [0.1, 0.15) is 60.8 Å². The zero-order valence-corrected chi connectivity index (χ0v) is 24.1.